The van der Waals surface area contributed by atoms with E-state index in [0.717, 1.165) is 0 Å². The Hall–Kier alpha value is -0.490. The maximum absolute atomic E-state index is 11.2. The van der Waals surface area contributed by atoms with Crippen molar-refractivity contribution in [3.05, 3.63) is 12.2 Å². The van der Waals surface area contributed by atoms with Crippen LogP contribution in [0.15, 0.2) is 12.2 Å². The van der Waals surface area contributed by atoms with Crippen molar-refractivity contribution in [2.45, 2.75) is 26.4 Å². The van der Waals surface area contributed by atoms with Crippen LogP contribution in [0.2, 0.25) is 0 Å². The minimum Gasteiger partial charge on any atom is -0.459 e. The molecule has 0 N–H and O–H groups in total. The highest BCUT2D eigenvalue weighted by atomic mass is 79.9. The number of ether oxygens (including phenoxy) is 1. The molecule has 0 fully saturated rings. The van der Waals surface area contributed by atoms with Crippen LogP contribution in [0.1, 0.15) is 20.3 Å². The molecule has 0 saturated carbocycles. The van der Waals surface area contributed by atoms with E-state index in [1.807, 2.05) is 0 Å². The molecule has 0 aliphatic rings. The SMILES string of the molecule is C=C(C)C(=O)OC(C)C(CC(=O)Br)C(=O)Br. The Kier molecular flexibility index (Phi) is 6.74. The van der Waals surface area contributed by atoms with Gasteiger partial charge in [0.05, 0.1) is 5.92 Å². The fourth-order valence-corrected chi connectivity index (χ4v) is 1.84. The predicted molar refractivity (Wildman–Crippen MR) is 66.3 cm³/mol. The Labute approximate surface area is 111 Å². The standard InChI is InChI=1S/C10H12Br2O4/c1-5(2)10(15)16-6(3)7(9(12)14)4-8(11)13/h6-7H,1,4H2,2-3H3. The van der Waals surface area contributed by atoms with Gasteiger partial charge in [0.1, 0.15) is 6.10 Å². The molecule has 0 aliphatic heterocycles. The van der Waals surface area contributed by atoms with E-state index < -0.39 is 18.0 Å². The Morgan fingerprint density at radius 3 is 2.12 bits per heavy atom. The normalized spacial score (nSPS) is 13.8. The second-order valence-corrected chi connectivity index (χ2v) is 5.03. The summed E-state index contributed by atoms with van der Waals surface area (Å²) < 4.78 is 4.28. The highest BCUT2D eigenvalue weighted by Gasteiger charge is 2.28. The van der Waals surface area contributed by atoms with Gasteiger partial charge in [-0.2, -0.15) is 0 Å². The molecule has 16 heavy (non-hydrogen) atoms. The van der Waals surface area contributed by atoms with Gasteiger partial charge in [-0.25, -0.2) is 4.79 Å². The molecule has 0 aliphatic carbocycles. The number of hydrogen-bond donors (Lipinski definition) is 0. The van der Waals surface area contributed by atoms with Crippen LogP contribution in [0.25, 0.3) is 0 Å². The number of esters is 1. The monoisotopic (exact) mass is 354 g/mol. The van der Waals surface area contributed by atoms with E-state index >= 15 is 0 Å². The molecule has 6 heteroatoms. The zero-order valence-electron chi connectivity index (χ0n) is 8.96. The first-order valence-electron chi connectivity index (χ1n) is 4.49. The topological polar surface area (TPSA) is 60.4 Å². The van der Waals surface area contributed by atoms with Gasteiger partial charge in [0.2, 0.25) is 4.69 Å². The lowest BCUT2D eigenvalue weighted by Gasteiger charge is -2.19. The Bertz CT molecular complexity index is 325. The zero-order chi connectivity index (χ0) is 12.9. The summed E-state index contributed by atoms with van der Waals surface area (Å²) in [5.41, 5.74) is 0.248. The fourth-order valence-electron chi connectivity index (χ4n) is 0.955. The van der Waals surface area contributed by atoms with Crippen molar-refractivity contribution in [3.63, 3.8) is 0 Å². The fraction of sp³-hybridized carbons (Fsp3) is 0.500. The summed E-state index contributed by atoms with van der Waals surface area (Å²) in [5.74, 6) is -1.27. The predicted octanol–water partition coefficient (Wildman–Crippen LogP) is 2.34. The van der Waals surface area contributed by atoms with Crippen LogP contribution >= 0.6 is 31.9 Å². The Morgan fingerprint density at radius 1 is 1.31 bits per heavy atom. The lowest BCUT2D eigenvalue weighted by molar-refractivity contribution is -0.147. The largest absolute Gasteiger partial charge is 0.459 e. The van der Waals surface area contributed by atoms with Gasteiger partial charge in [0.25, 0.3) is 0 Å². The molecule has 4 nitrogen and oxygen atoms in total. The van der Waals surface area contributed by atoms with Crippen molar-refractivity contribution in [3.8, 4) is 0 Å². The first-order valence-corrected chi connectivity index (χ1v) is 6.08. The summed E-state index contributed by atoms with van der Waals surface area (Å²) in [7, 11) is 0. The minimum absolute atomic E-state index is 0.0330. The Balaban J connectivity index is 4.56. The molecule has 0 amide bonds. The molecule has 2 atom stereocenters. The second kappa shape index (κ2) is 6.96. The summed E-state index contributed by atoms with van der Waals surface area (Å²) >= 11 is 5.51. The summed E-state index contributed by atoms with van der Waals surface area (Å²) in [4.78, 5) is 33.3. The molecule has 0 aromatic carbocycles. The molecule has 0 bridgehead atoms. The number of carbonyl (C=O) groups is 3. The van der Waals surface area contributed by atoms with Crippen molar-refractivity contribution >= 4 is 47.2 Å². The molecule has 0 radical (unpaired) electrons. The lowest BCUT2D eigenvalue weighted by Crippen LogP contribution is -2.29. The maximum Gasteiger partial charge on any atom is 0.333 e. The van der Waals surface area contributed by atoms with Crippen LogP contribution in [0.3, 0.4) is 0 Å². The average molecular weight is 356 g/mol. The number of carbonyl (C=O) groups excluding carboxylic acids is 3. The van der Waals surface area contributed by atoms with E-state index in [0.29, 0.717) is 0 Å². The quantitative estimate of drug-likeness (QED) is 0.417. The van der Waals surface area contributed by atoms with Crippen molar-refractivity contribution in [1.29, 1.82) is 0 Å². The van der Waals surface area contributed by atoms with E-state index in [-0.39, 0.29) is 21.4 Å². The average Bonchev–Trinajstić information content (AvgIpc) is 2.12. The first kappa shape index (κ1) is 15.5. The molecule has 0 aromatic heterocycles. The molecule has 0 aromatic rings. The molecule has 0 saturated heterocycles. The second-order valence-electron chi connectivity index (χ2n) is 3.36. The van der Waals surface area contributed by atoms with E-state index in [4.69, 9.17) is 4.74 Å². The lowest BCUT2D eigenvalue weighted by atomic mass is 10.0. The summed E-state index contributed by atoms with van der Waals surface area (Å²) in [5, 5.41) is 0. The van der Waals surface area contributed by atoms with Crippen LogP contribution in [0.4, 0.5) is 0 Å². The van der Waals surface area contributed by atoms with Crippen molar-refractivity contribution in [2.24, 2.45) is 5.92 Å². The van der Waals surface area contributed by atoms with Gasteiger partial charge in [-0.3, -0.25) is 9.59 Å². The smallest absolute Gasteiger partial charge is 0.333 e. The van der Waals surface area contributed by atoms with Crippen molar-refractivity contribution in [1.82, 2.24) is 0 Å². The van der Waals surface area contributed by atoms with Gasteiger partial charge in [-0.1, -0.05) is 6.58 Å². The van der Waals surface area contributed by atoms with Crippen LogP contribution < -0.4 is 0 Å². The Morgan fingerprint density at radius 2 is 1.81 bits per heavy atom. The van der Waals surface area contributed by atoms with Gasteiger partial charge in [-0.15, -0.1) is 0 Å². The molecule has 2 unspecified atom stereocenters. The van der Waals surface area contributed by atoms with Gasteiger partial charge < -0.3 is 4.74 Å². The summed E-state index contributed by atoms with van der Waals surface area (Å²) in [6.45, 7) is 6.49. The van der Waals surface area contributed by atoms with E-state index in [1.165, 1.54) is 6.92 Å². The molecule has 0 rings (SSSR count). The van der Waals surface area contributed by atoms with Gasteiger partial charge in [-0.05, 0) is 45.7 Å². The van der Waals surface area contributed by atoms with Crippen molar-refractivity contribution < 1.29 is 19.1 Å². The van der Waals surface area contributed by atoms with Crippen LogP contribution in [0.5, 0.6) is 0 Å². The van der Waals surface area contributed by atoms with Gasteiger partial charge in [0.15, 0.2) is 4.69 Å². The van der Waals surface area contributed by atoms with E-state index in [9.17, 15) is 14.4 Å². The highest BCUT2D eigenvalue weighted by Crippen LogP contribution is 2.19. The van der Waals surface area contributed by atoms with Crippen LogP contribution in [-0.4, -0.2) is 21.5 Å². The number of rotatable bonds is 6. The third kappa shape index (κ3) is 5.55. The summed E-state index contributed by atoms with van der Waals surface area (Å²) in [6, 6.07) is 0. The molecule has 0 heterocycles. The third-order valence-corrected chi connectivity index (χ3v) is 2.79. The van der Waals surface area contributed by atoms with E-state index in [2.05, 4.69) is 38.4 Å². The van der Waals surface area contributed by atoms with Crippen molar-refractivity contribution in [2.75, 3.05) is 0 Å². The molecular formula is C10H12Br2O4. The van der Waals surface area contributed by atoms with E-state index in [1.54, 1.807) is 6.92 Å². The molecule has 0 spiro atoms. The zero-order valence-corrected chi connectivity index (χ0v) is 12.1. The minimum atomic E-state index is -0.699. The van der Waals surface area contributed by atoms with Crippen LogP contribution in [0, 0.1) is 5.92 Å². The number of halogens is 2. The summed E-state index contributed by atoms with van der Waals surface area (Å²) in [6.07, 6.45) is -0.716. The third-order valence-electron chi connectivity index (χ3n) is 1.88. The van der Waals surface area contributed by atoms with Gasteiger partial charge in [0, 0.05) is 12.0 Å². The van der Waals surface area contributed by atoms with Crippen LogP contribution in [-0.2, 0) is 19.1 Å². The first-order chi connectivity index (χ1) is 7.25. The molecule has 90 valence electrons. The maximum atomic E-state index is 11.2. The van der Waals surface area contributed by atoms with Gasteiger partial charge >= 0.3 is 5.97 Å². The highest BCUT2D eigenvalue weighted by molar-refractivity contribution is 9.18. The molecular weight excluding hydrogens is 344 g/mol. The number of hydrogen-bond acceptors (Lipinski definition) is 4.